The maximum atomic E-state index is 12.7. The number of rotatable bonds is 7. The second kappa shape index (κ2) is 9.51. The molecule has 2 aromatic carbocycles. The van der Waals surface area contributed by atoms with E-state index >= 15 is 0 Å². The van der Waals surface area contributed by atoms with E-state index in [1.165, 1.54) is 13.1 Å². The molecule has 0 spiro atoms. The number of aromatic nitrogens is 2. The standard InChI is InChI=1S/C22H21N3O5/c1-15(30-19(27)14-25-13-12-18(26)23-22(25)29)21(28)24-20(16-8-4-2-5-9-16)17-10-6-3-7-11-17/h2-13,15,20H,14H2,1H3,(H,24,28)(H,23,26,29)/t15-/m1/s1. The summed E-state index contributed by atoms with van der Waals surface area (Å²) < 4.78 is 6.16. The van der Waals surface area contributed by atoms with Crippen molar-refractivity contribution in [1.29, 1.82) is 0 Å². The Bertz CT molecular complexity index is 1080. The Kier molecular flexibility index (Phi) is 6.59. The summed E-state index contributed by atoms with van der Waals surface area (Å²) >= 11 is 0. The van der Waals surface area contributed by atoms with Crippen molar-refractivity contribution in [3.8, 4) is 0 Å². The lowest BCUT2D eigenvalue weighted by molar-refractivity contribution is -0.155. The van der Waals surface area contributed by atoms with Gasteiger partial charge in [-0.3, -0.25) is 23.9 Å². The lowest BCUT2D eigenvalue weighted by Gasteiger charge is -2.22. The Morgan fingerprint density at radius 1 is 0.967 bits per heavy atom. The maximum Gasteiger partial charge on any atom is 0.328 e. The van der Waals surface area contributed by atoms with Crippen LogP contribution in [0.4, 0.5) is 0 Å². The third kappa shape index (κ3) is 5.32. The van der Waals surface area contributed by atoms with Crippen LogP contribution in [0.3, 0.4) is 0 Å². The molecule has 0 aliphatic carbocycles. The van der Waals surface area contributed by atoms with Gasteiger partial charge in [-0.25, -0.2) is 4.79 Å². The van der Waals surface area contributed by atoms with Crippen LogP contribution in [0.1, 0.15) is 24.1 Å². The van der Waals surface area contributed by atoms with Crippen LogP contribution < -0.4 is 16.6 Å². The number of carbonyl (C=O) groups is 2. The monoisotopic (exact) mass is 407 g/mol. The fourth-order valence-electron chi connectivity index (χ4n) is 2.91. The van der Waals surface area contributed by atoms with E-state index in [2.05, 4.69) is 5.32 Å². The fraction of sp³-hybridized carbons (Fsp3) is 0.182. The molecule has 1 heterocycles. The third-order valence-corrected chi connectivity index (χ3v) is 4.43. The fourth-order valence-corrected chi connectivity index (χ4v) is 2.91. The first kappa shape index (κ1) is 20.8. The number of ether oxygens (including phenoxy) is 1. The summed E-state index contributed by atoms with van der Waals surface area (Å²) in [5, 5.41) is 2.91. The molecular formula is C22H21N3O5. The molecule has 3 rings (SSSR count). The highest BCUT2D eigenvalue weighted by Gasteiger charge is 2.23. The quantitative estimate of drug-likeness (QED) is 0.575. The average Bonchev–Trinajstić information content (AvgIpc) is 2.75. The van der Waals surface area contributed by atoms with Gasteiger partial charge in [-0.2, -0.15) is 0 Å². The van der Waals surface area contributed by atoms with Crippen molar-refractivity contribution in [2.45, 2.75) is 25.6 Å². The molecule has 3 aromatic rings. The first-order valence-electron chi connectivity index (χ1n) is 9.33. The molecule has 8 nitrogen and oxygen atoms in total. The van der Waals surface area contributed by atoms with Crippen molar-refractivity contribution in [3.63, 3.8) is 0 Å². The minimum atomic E-state index is -1.08. The first-order valence-corrected chi connectivity index (χ1v) is 9.33. The molecule has 0 bridgehead atoms. The number of nitrogens with one attached hydrogen (secondary N) is 2. The number of benzene rings is 2. The number of amides is 1. The van der Waals surface area contributed by atoms with Gasteiger partial charge in [0, 0.05) is 12.3 Å². The van der Waals surface area contributed by atoms with E-state index in [0.29, 0.717) is 0 Å². The summed E-state index contributed by atoms with van der Waals surface area (Å²) in [5.74, 6) is -1.25. The number of esters is 1. The van der Waals surface area contributed by atoms with Gasteiger partial charge >= 0.3 is 11.7 Å². The largest absolute Gasteiger partial charge is 0.451 e. The van der Waals surface area contributed by atoms with Crippen molar-refractivity contribution in [3.05, 3.63) is 105 Å². The van der Waals surface area contributed by atoms with Crippen LogP contribution in [0.25, 0.3) is 0 Å². The van der Waals surface area contributed by atoms with Crippen molar-refractivity contribution in [1.82, 2.24) is 14.9 Å². The topological polar surface area (TPSA) is 110 Å². The Balaban J connectivity index is 1.68. The average molecular weight is 407 g/mol. The molecular weight excluding hydrogens is 386 g/mol. The van der Waals surface area contributed by atoms with Crippen LogP contribution in [0, 0.1) is 0 Å². The lowest BCUT2D eigenvalue weighted by atomic mass is 9.98. The molecule has 0 saturated carbocycles. The van der Waals surface area contributed by atoms with Gasteiger partial charge in [0.05, 0.1) is 6.04 Å². The van der Waals surface area contributed by atoms with Crippen molar-refractivity contribution >= 4 is 11.9 Å². The van der Waals surface area contributed by atoms with Crippen LogP contribution >= 0.6 is 0 Å². The zero-order valence-corrected chi connectivity index (χ0v) is 16.3. The summed E-state index contributed by atoms with van der Waals surface area (Å²) in [6.45, 7) is 1.03. The van der Waals surface area contributed by atoms with Gasteiger partial charge in [0.25, 0.3) is 11.5 Å². The third-order valence-electron chi connectivity index (χ3n) is 4.43. The van der Waals surface area contributed by atoms with Gasteiger partial charge in [0.15, 0.2) is 6.10 Å². The van der Waals surface area contributed by atoms with Gasteiger partial charge in [-0.05, 0) is 18.1 Å². The predicted molar refractivity (Wildman–Crippen MR) is 110 cm³/mol. The number of H-pyrrole nitrogens is 1. The second-order valence-electron chi connectivity index (χ2n) is 6.63. The van der Waals surface area contributed by atoms with Gasteiger partial charge in [-0.15, -0.1) is 0 Å². The zero-order valence-electron chi connectivity index (χ0n) is 16.3. The smallest absolute Gasteiger partial charge is 0.328 e. The van der Waals surface area contributed by atoms with E-state index in [-0.39, 0.29) is 0 Å². The van der Waals surface area contributed by atoms with Crippen LogP contribution in [0.15, 0.2) is 82.5 Å². The molecule has 2 N–H and O–H groups in total. The summed E-state index contributed by atoms with van der Waals surface area (Å²) in [6.07, 6.45) is 0.111. The number of hydrogen-bond acceptors (Lipinski definition) is 5. The van der Waals surface area contributed by atoms with Crippen molar-refractivity contribution in [2.24, 2.45) is 0 Å². The van der Waals surface area contributed by atoms with E-state index < -0.39 is 41.8 Å². The van der Waals surface area contributed by atoms with Crippen LogP contribution in [-0.4, -0.2) is 27.5 Å². The molecule has 0 saturated heterocycles. The Morgan fingerprint density at radius 3 is 2.07 bits per heavy atom. The molecule has 154 valence electrons. The summed E-state index contributed by atoms with van der Waals surface area (Å²) in [4.78, 5) is 49.6. The Hall–Kier alpha value is -3.94. The van der Waals surface area contributed by atoms with Gasteiger partial charge in [0.1, 0.15) is 6.54 Å². The van der Waals surface area contributed by atoms with E-state index in [1.54, 1.807) is 0 Å². The van der Waals surface area contributed by atoms with Crippen LogP contribution in [0.2, 0.25) is 0 Å². The van der Waals surface area contributed by atoms with Gasteiger partial charge < -0.3 is 10.1 Å². The van der Waals surface area contributed by atoms with Crippen molar-refractivity contribution in [2.75, 3.05) is 0 Å². The number of hydrogen-bond donors (Lipinski definition) is 2. The SMILES string of the molecule is C[C@@H](OC(=O)Cn1ccc(=O)[nH]c1=O)C(=O)NC(c1ccccc1)c1ccccc1. The molecule has 0 fully saturated rings. The van der Waals surface area contributed by atoms with E-state index in [1.807, 2.05) is 65.6 Å². The number of carbonyl (C=O) groups excluding carboxylic acids is 2. The molecule has 1 aromatic heterocycles. The second-order valence-corrected chi connectivity index (χ2v) is 6.63. The number of aromatic amines is 1. The molecule has 0 aliphatic heterocycles. The predicted octanol–water partition coefficient (Wildman–Crippen LogP) is 1.37. The molecule has 30 heavy (non-hydrogen) atoms. The summed E-state index contributed by atoms with van der Waals surface area (Å²) in [6, 6.07) is 19.6. The van der Waals surface area contributed by atoms with Gasteiger partial charge in [0.2, 0.25) is 0 Å². The van der Waals surface area contributed by atoms with Crippen LogP contribution in [-0.2, 0) is 20.9 Å². The Morgan fingerprint density at radius 2 is 1.53 bits per heavy atom. The van der Waals surface area contributed by atoms with Gasteiger partial charge in [-0.1, -0.05) is 60.7 Å². The molecule has 0 aliphatic rings. The number of nitrogens with zero attached hydrogens (tertiary/aromatic N) is 1. The van der Waals surface area contributed by atoms with E-state index in [0.717, 1.165) is 21.8 Å². The molecule has 0 radical (unpaired) electrons. The van der Waals surface area contributed by atoms with Crippen LogP contribution in [0.5, 0.6) is 0 Å². The maximum absolute atomic E-state index is 12.7. The highest BCUT2D eigenvalue weighted by atomic mass is 16.5. The van der Waals surface area contributed by atoms with E-state index in [4.69, 9.17) is 4.74 Å². The summed E-state index contributed by atoms with van der Waals surface area (Å²) in [5.41, 5.74) is 0.473. The zero-order chi connectivity index (χ0) is 21.5. The van der Waals surface area contributed by atoms with Crippen molar-refractivity contribution < 1.29 is 14.3 Å². The lowest BCUT2D eigenvalue weighted by Crippen LogP contribution is -2.39. The molecule has 1 atom stereocenters. The highest BCUT2D eigenvalue weighted by Crippen LogP contribution is 2.22. The summed E-state index contributed by atoms with van der Waals surface area (Å²) in [7, 11) is 0. The minimum absolute atomic E-state index is 0.414. The first-order chi connectivity index (χ1) is 14.4. The van der Waals surface area contributed by atoms with E-state index in [9.17, 15) is 19.2 Å². The Labute approximate surface area is 172 Å². The molecule has 1 amide bonds. The highest BCUT2D eigenvalue weighted by molar-refractivity contribution is 5.84. The minimum Gasteiger partial charge on any atom is -0.451 e. The molecule has 8 heteroatoms. The molecule has 0 unspecified atom stereocenters. The normalized spacial score (nSPS) is 11.7.